The Morgan fingerprint density at radius 3 is 3.14 bits per heavy atom. The zero-order valence-electron chi connectivity index (χ0n) is 8.66. The van der Waals surface area contributed by atoms with Crippen molar-refractivity contribution in [2.45, 2.75) is 13.8 Å². The Morgan fingerprint density at radius 2 is 2.43 bits per heavy atom. The standard InChI is InChI=1S/C9H16N4S/c1-7-5-10-3-4-13(6-7)9-11-8(2)12-14-9/h7,10H,3-6H2,1-2H3. The first-order chi connectivity index (χ1) is 6.75. The number of hydrogen-bond acceptors (Lipinski definition) is 5. The third kappa shape index (κ3) is 2.22. The third-order valence-electron chi connectivity index (χ3n) is 2.37. The Bertz CT molecular complexity index is 299. The fraction of sp³-hybridized carbons (Fsp3) is 0.778. The van der Waals surface area contributed by atoms with Crippen LogP contribution in [0.2, 0.25) is 0 Å². The van der Waals surface area contributed by atoms with E-state index in [1.807, 2.05) is 6.92 Å². The topological polar surface area (TPSA) is 41.1 Å². The van der Waals surface area contributed by atoms with E-state index in [0.29, 0.717) is 5.92 Å². The molecule has 1 aliphatic rings. The van der Waals surface area contributed by atoms with Gasteiger partial charge in [-0.15, -0.1) is 0 Å². The fourth-order valence-corrected chi connectivity index (χ4v) is 2.39. The Balaban J connectivity index is 2.08. The maximum Gasteiger partial charge on any atom is 0.205 e. The maximum absolute atomic E-state index is 4.42. The molecule has 0 aromatic carbocycles. The fourth-order valence-electron chi connectivity index (χ4n) is 1.68. The van der Waals surface area contributed by atoms with E-state index in [4.69, 9.17) is 0 Å². The van der Waals surface area contributed by atoms with Crippen LogP contribution in [0, 0.1) is 12.8 Å². The Kier molecular flexibility index (Phi) is 2.98. The van der Waals surface area contributed by atoms with Crippen molar-refractivity contribution >= 4 is 16.7 Å². The molecule has 4 nitrogen and oxygen atoms in total. The van der Waals surface area contributed by atoms with E-state index in [9.17, 15) is 0 Å². The van der Waals surface area contributed by atoms with Gasteiger partial charge in [0.25, 0.3) is 0 Å². The largest absolute Gasteiger partial charge is 0.345 e. The van der Waals surface area contributed by atoms with Gasteiger partial charge in [-0.25, -0.2) is 4.98 Å². The van der Waals surface area contributed by atoms with Gasteiger partial charge in [0.2, 0.25) is 5.13 Å². The summed E-state index contributed by atoms with van der Waals surface area (Å²) in [7, 11) is 0. The van der Waals surface area contributed by atoms with Crippen LogP contribution in [0.5, 0.6) is 0 Å². The van der Waals surface area contributed by atoms with Crippen LogP contribution in [-0.4, -0.2) is 35.5 Å². The molecule has 1 atom stereocenters. The second-order valence-corrected chi connectivity index (χ2v) is 4.61. The van der Waals surface area contributed by atoms with Gasteiger partial charge in [-0.1, -0.05) is 6.92 Å². The van der Waals surface area contributed by atoms with Crippen molar-refractivity contribution in [3.05, 3.63) is 5.82 Å². The summed E-state index contributed by atoms with van der Waals surface area (Å²) in [4.78, 5) is 6.74. The van der Waals surface area contributed by atoms with Crippen molar-refractivity contribution in [3.8, 4) is 0 Å². The predicted octanol–water partition coefficient (Wildman–Crippen LogP) is 0.892. The molecule has 2 heterocycles. The minimum atomic E-state index is 0.682. The second kappa shape index (κ2) is 4.23. The van der Waals surface area contributed by atoms with Crippen LogP contribution in [0.25, 0.3) is 0 Å². The van der Waals surface area contributed by atoms with Crippen LogP contribution in [0.3, 0.4) is 0 Å². The monoisotopic (exact) mass is 212 g/mol. The van der Waals surface area contributed by atoms with Gasteiger partial charge in [-0.3, -0.25) is 0 Å². The summed E-state index contributed by atoms with van der Waals surface area (Å²) in [5.74, 6) is 1.57. The van der Waals surface area contributed by atoms with Gasteiger partial charge in [0.05, 0.1) is 0 Å². The lowest BCUT2D eigenvalue weighted by Gasteiger charge is -2.20. The van der Waals surface area contributed by atoms with Gasteiger partial charge in [-0.05, 0) is 19.4 Å². The van der Waals surface area contributed by atoms with Gasteiger partial charge in [-0.2, -0.15) is 4.37 Å². The molecule has 0 bridgehead atoms. The first-order valence-electron chi connectivity index (χ1n) is 5.01. The molecular weight excluding hydrogens is 196 g/mol. The predicted molar refractivity (Wildman–Crippen MR) is 58.9 cm³/mol. The number of nitrogens with one attached hydrogen (secondary N) is 1. The zero-order chi connectivity index (χ0) is 9.97. The van der Waals surface area contributed by atoms with Crippen LogP contribution in [-0.2, 0) is 0 Å². The van der Waals surface area contributed by atoms with Crippen molar-refractivity contribution in [1.82, 2.24) is 14.7 Å². The molecule has 1 aliphatic heterocycles. The van der Waals surface area contributed by atoms with Crippen LogP contribution < -0.4 is 10.2 Å². The molecule has 1 unspecified atom stereocenters. The van der Waals surface area contributed by atoms with Crippen molar-refractivity contribution in [1.29, 1.82) is 0 Å². The minimum absolute atomic E-state index is 0.682. The summed E-state index contributed by atoms with van der Waals surface area (Å²) in [5.41, 5.74) is 0. The first kappa shape index (κ1) is 9.86. The Labute approximate surface area is 88.5 Å². The van der Waals surface area contributed by atoms with Gasteiger partial charge < -0.3 is 10.2 Å². The molecular formula is C9H16N4S. The molecule has 1 aromatic heterocycles. The smallest absolute Gasteiger partial charge is 0.205 e. The van der Waals surface area contributed by atoms with Crippen molar-refractivity contribution in [2.24, 2.45) is 5.92 Å². The molecule has 14 heavy (non-hydrogen) atoms. The Hall–Kier alpha value is -0.680. The number of aromatic nitrogens is 2. The number of rotatable bonds is 1. The average molecular weight is 212 g/mol. The number of hydrogen-bond donors (Lipinski definition) is 1. The number of aryl methyl sites for hydroxylation is 1. The zero-order valence-corrected chi connectivity index (χ0v) is 9.47. The summed E-state index contributed by atoms with van der Waals surface area (Å²) in [6.07, 6.45) is 0. The highest BCUT2D eigenvalue weighted by Gasteiger charge is 2.17. The molecule has 78 valence electrons. The van der Waals surface area contributed by atoms with E-state index >= 15 is 0 Å². The number of nitrogens with zero attached hydrogens (tertiary/aromatic N) is 3. The molecule has 5 heteroatoms. The molecule has 0 amide bonds. The molecule has 1 N–H and O–H groups in total. The lowest BCUT2D eigenvalue weighted by atomic mass is 10.2. The van der Waals surface area contributed by atoms with E-state index in [2.05, 4.69) is 26.5 Å². The first-order valence-corrected chi connectivity index (χ1v) is 5.79. The number of anilines is 1. The van der Waals surface area contributed by atoms with Crippen LogP contribution >= 0.6 is 11.5 Å². The third-order valence-corrected chi connectivity index (χ3v) is 3.24. The molecule has 1 aromatic rings. The summed E-state index contributed by atoms with van der Waals surface area (Å²) in [5, 5.41) is 4.49. The van der Waals surface area contributed by atoms with E-state index in [1.165, 1.54) is 11.5 Å². The SMILES string of the molecule is Cc1nsc(N2CCNCC(C)C2)n1. The van der Waals surface area contributed by atoms with E-state index in [1.54, 1.807) is 0 Å². The lowest BCUT2D eigenvalue weighted by Crippen LogP contribution is -2.29. The second-order valence-electron chi connectivity index (χ2n) is 3.88. The molecule has 0 spiro atoms. The molecule has 1 fully saturated rings. The molecule has 0 radical (unpaired) electrons. The molecule has 2 rings (SSSR count). The summed E-state index contributed by atoms with van der Waals surface area (Å²) >= 11 is 1.50. The van der Waals surface area contributed by atoms with Gasteiger partial charge in [0, 0.05) is 31.2 Å². The van der Waals surface area contributed by atoms with Crippen molar-refractivity contribution in [2.75, 3.05) is 31.1 Å². The summed E-state index contributed by atoms with van der Waals surface area (Å²) in [6.45, 7) is 8.48. The highest BCUT2D eigenvalue weighted by molar-refractivity contribution is 7.09. The maximum atomic E-state index is 4.42. The highest BCUT2D eigenvalue weighted by Crippen LogP contribution is 2.18. The lowest BCUT2D eigenvalue weighted by molar-refractivity contribution is 0.563. The quantitative estimate of drug-likeness (QED) is 0.750. The van der Waals surface area contributed by atoms with Crippen molar-refractivity contribution < 1.29 is 0 Å². The van der Waals surface area contributed by atoms with Crippen LogP contribution in [0.1, 0.15) is 12.7 Å². The Morgan fingerprint density at radius 1 is 1.57 bits per heavy atom. The van der Waals surface area contributed by atoms with Crippen LogP contribution in [0.4, 0.5) is 5.13 Å². The normalized spacial score (nSPS) is 23.6. The van der Waals surface area contributed by atoms with Crippen LogP contribution in [0.15, 0.2) is 0 Å². The van der Waals surface area contributed by atoms with Crippen molar-refractivity contribution in [3.63, 3.8) is 0 Å². The highest BCUT2D eigenvalue weighted by atomic mass is 32.1. The minimum Gasteiger partial charge on any atom is -0.345 e. The van der Waals surface area contributed by atoms with E-state index in [-0.39, 0.29) is 0 Å². The molecule has 1 saturated heterocycles. The average Bonchev–Trinajstić information content (AvgIpc) is 2.45. The summed E-state index contributed by atoms with van der Waals surface area (Å²) in [6, 6.07) is 0. The molecule has 0 saturated carbocycles. The molecule has 0 aliphatic carbocycles. The van der Waals surface area contributed by atoms with Gasteiger partial charge in [0.15, 0.2) is 0 Å². The summed E-state index contributed by atoms with van der Waals surface area (Å²) < 4.78 is 4.22. The van der Waals surface area contributed by atoms with Gasteiger partial charge >= 0.3 is 0 Å². The van der Waals surface area contributed by atoms with E-state index in [0.717, 1.165) is 37.1 Å². The van der Waals surface area contributed by atoms with E-state index < -0.39 is 0 Å². The van der Waals surface area contributed by atoms with Gasteiger partial charge in [0.1, 0.15) is 5.82 Å².